The van der Waals surface area contributed by atoms with Crippen LogP contribution in [0, 0.1) is 17.0 Å². The number of pyridine rings is 1. The fourth-order valence-electron chi connectivity index (χ4n) is 1.70. The first kappa shape index (κ1) is 13.9. The van der Waals surface area contributed by atoms with Crippen molar-refractivity contribution in [3.63, 3.8) is 0 Å². The van der Waals surface area contributed by atoms with E-state index in [1.54, 1.807) is 6.92 Å². The second-order valence-corrected chi connectivity index (χ2v) is 6.82. The van der Waals surface area contributed by atoms with E-state index < -0.39 is 14.8 Å². The monoisotopic (exact) mass is 347 g/mol. The average molecular weight is 348 g/mol. The quantitative estimate of drug-likeness (QED) is 0.660. The third-order valence-corrected chi connectivity index (χ3v) is 5.05. The zero-order chi connectivity index (χ0) is 14.2. The summed E-state index contributed by atoms with van der Waals surface area (Å²) in [4.78, 5) is 14.2. The highest BCUT2D eigenvalue weighted by atomic mass is 79.9. The van der Waals surface area contributed by atoms with Crippen molar-refractivity contribution in [3.8, 4) is 0 Å². The molecule has 0 bridgehead atoms. The van der Waals surface area contributed by atoms with Gasteiger partial charge in [0.05, 0.1) is 21.2 Å². The van der Waals surface area contributed by atoms with Crippen LogP contribution in [0.15, 0.2) is 22.2 Å². The van der Waals surface area contributed by atoms with Crippen LogP contribution in [-0.4, -0.2) is 30.1 Å². The maximum absolute atomic E-state index is 11.3. The van der Waals surface area contributed by atoms with Crippen LogP contribution >= 0.6 is 15.9 Å². The van der Waals surface area contributed by atoms with Gasteiger partial charge in [-0.2, -0.15) is 0 Å². The Bertz CT molecular complexity index is 672. The highest BCUT2D eigenvalue weighted by molar-refractivity contribution is 9.10. The van der Waals surface area contributed by atoms with Crippen LogP contribution < -0.4 is 5.32 Å². The summed E-state index contributed by atoms with van der Waals surface area (Å²) in [6.07, 6.45) is 2.68. The Hall–Kier alpha value is -1.48. The fraction of sp³-hybridized carbons (Fsp3) is 0.300. The SMILES string of the molecule is Cc1c([N+](=O)[O-])cnc(NC2C=CS(=O)(=O)C2)c1Br. The highest BCUT2D eigenvalue weighted by Crippen LogP contribution is 2.31. The summed E-state index contributed by atoms with van der Waals surface area (Å²) in [7, 11) is -3.15. The van der Waals surface area contributed by atoms with E-state index in [9.17, 15) is 18.5 Å². The molecule has 0 saturated heterocycles. The van der Waals surface area contributed by atoms with Crippen LogP contribution in [0.4, 0.5) is 11.5 Å². The Morgan fingerprint density at radius 2 is 2.26 bits per heavy atom. The summed E-state index contributed by atoms with van der Waals surface area (Å²) in [6, 6.07) is -0.380. The second kappa shape index (κ2) is 4.89. The van der Waals surface area contributed by atoms with Gasteiger partial charge in [-0.1, -0.05) is 0 Å². The molecule has 1 aromatic heterocycles. The molecule has 1 N–H and O–H groups in total. The predicted octanol–water partition coefficient (Wildman–Crippen LogP) is 1.78. The first-order valence-corrected chi connectivity index (χ1v) is 7.78. The Morgan fingerprint density at radius 3 is 2.79 bits per heavy atom. The third kappa shape index (κ3) is 2.92. The molecular formula is C10H10BrN3O4S. The minimum atomic E-state index is -3.15. The van der Waals surface area contributed by atoms with Crippen molar-refractivity contribution in [1.29, 1.82) is 0 Å². The van der Waals surface area contributed by atoms with Crippen molar-refractivity contribution in [2.24, 2.45) is 0 Å². The number of aromatic nitrogens is 1. The van der Waals surface area contributed by atoms with E-state index in [0.29, 0.717) is 15.9 Å². The van der Waals surface area contributed by atoms with Crippen LogP contribution in [0.25, 0.3) is 0 Å². The molecular weight excluding hydrogens is 338 g/mol. The van der Waals surface area contributed by atoms with Crippen LogP contribution in [0.1, 0.15) is 5.56 Å². The lowest BCUT2D eigenvalue weighted by molar-refractivity contribution is -0.385. The van der Waals surface area contributed by atoms with Gasteiger partial charge in [-0.25, -0.2) is 13.4 Å². The second-order valence-electron chi connectivity index (χ2n) is 4.10. The first-order chi connectivity index (χ1) is 8.80. The number of hydrogen-bond acceptors (Lipinski definition) is 6. The predicted molar refractivity (Wildman–Crippen MR) is 73.7 cm³/mol. The summed E-state index contributed by atoms with van der Waals surface area (Å²) in [5.74, 6) is 0.340. The van der Waals surface area contributed by atoms with E-state index in [0.717, 1.165) is 11.6 Å². The molecule has 2 rings (SSSR count). The molecule has 7 nitrogen and oxygen atoms in total. The number of nitro groups is 1. The van der Waals surface area contributed by atoms with Crippen LogP contribution in [0.2, 0.25) is 0 Å². The molecule has 0 amide bonds. The topological polar surface area (TPSA) is 102 Å². The Balaban J connectivity index is 2.26. The Kier molecular flexibility index (Phi) is 3.59. The number of halogens is 1. The lowest BCUT2D eigenvalue weighted by atomic mass is 10.2. The van der Waals surface area contributed by atoms with Crippen LogP contribution in [0.3, 0.4) is 0 Å². The van der Waals surface area contributed by atoms with E-state index in [1.165, 1.54) is 6.08 Å². The molecule has 102 valence electrons. The van der Waals surface area contributed by atoms with E-state index in [-0.39, 0.29) is 17.5 Å². The van der Waals surface area contributed by atoms with Gasteiger partial charge < -0.3 is 5.32 Å². The Morgan fingerprint density at radius 1 is 1.58 bits per heavy atom. The van der Waals surface area contributed by atoms with Crippen molar-refractivity contribution >= 4 is 37.3 Å². The molecule has 1 aliphatic rings. The van der Waals surface area contributed by atoms with Crippen LogP contribution in [-0.2, 0) is 9.84 Å². The zero-order valence-electron chi connectivity index (χ0n) is 9.83. The molecule has 1 aromatic rings. The fourth-order valence-corrected chi connectivity index (χ4v) is 3.35. The molecule has 0 fully saturated rings. The molecule has 0 aromatic carbocycles. The van der Waals surface area contributed by atoms with E-state index in [4.69, 9.17) is 0 Å². The third-order valence-electron chi connectivity index (χ3n) is 2.69. The van der Waals surface area contributed by atoms with E-state index >= 15 is 0 Å². The molecule has 9 heteroatoms. The van der Waals surface area contributed by atoms with Gasteiger partial charge in [0.2, 0.25) is 0 Å². The maximum Gasteiger partial charge on any atom is 0.291 e. The van der Waals surface area contributed by atoms with Crippen molar-refractivity contribution in [2.45, 2.75) is 13.0 Å². The number of rotatable bonds is 3. The van der Waals surface area contributed by atoms with E-state index in [1.807, 2.05) is 0 Å². The molecule has 0 aliphatic carbocycles. The lowest BCUT2D eigenvalue weighted by Gasteiger charge is -2.13. The minimum Gasteiger partial charge on any atom is -0.362 e. The highest BCUT2D eigenvalue weighted by Gasteiger charge is 2.24. The molecule has 19 heavy (non-hydrogen) atoms. The standard InChI is InChI=1S/C10H10BrN3O4S/c1-6-8(14(15)16)4-12-10(9(6)11)13-7-2-3-19(17,18)5-7/h2-4,7H,5H2,1H3,(H,12,13). The largest absolute Gasteiger partial charge is 0.362 e. The molecule has 1 unspecified atom stereocenters. The van der Waals surface area contributed by atoms with Crippen molar-refractivity contribution < 1.29 is 13.3 Å². The van der Waals surface area contributed by atoms with Gasteiger partial charge in [-0.05, 0) is 28.9 Å². The van der Waals surface area contributed by atoms with E-state index in [2.05, 4.69) is 26.2 Å². The van der Waals surface area contributed by atoms with Gasteiger partial charge >= 0.3 is 0 Å². The molecule has 1 aliphatic heterocycles. The average Bonchev–Trinajstić information content (AvgIpc) is 2.64. The number of anilines is 1. The Labute approximate surface area is 117 Å². The molecule has 1 atom stereocenters. The molecule has 0 saturated carbocycles. The zero-order valence-corrected chi connectivity index (χ0v) is 12.2. The summed E-state index contributed by atoms with van der Waals surface area (Å²) in [5.41, 5.74) is 0.347. The molecule has 0 spiro atoms. The normalized spacial score (nSPS) is 20.4. The maximum atomic E-state index is 11.3. The van der Waals surface area contributed by atoms with Crippen molar-refractivity contribution in [2.75, 3.05) is 11.1 Å². The summed E-state index contributed by atoms with van der Waals surface area (Å²) >= 11 is 3.23. The van der Waals surface area contributed by atoms with Crippen molar-refractivity contribution in [3.05, 3.63) is 37.8 Å². The summed E-state index contributed by atoms with van der Waals surface area (Å²) in [6.45, 7) is 1.59. The van der Waals surface area contributed by atoms with Gasteiger partial charge in [0.15, 0.2) is 9.84 Å². The number of hydrogen-bond donors (Lipinski definition) is 1. The van der Waals surface area contributed by atoms with Gasteiger partial charge in [0.1, 0.15) is 12.0 Å². The first-order valence-electron chi connectivity index (χ1n) is 5.27. The number of nitrogens with one attached hydrogen (secondary N) is 1. The van der Waals surface area contributed by atoms with Gasteiger partial charge in [-0.3, -0.25) is 10.1 Å². The van der Waals surface area contributed by atoms with Crippen LogP contribution in [0.5, 0.6) is 0 Å². The molecule has 0 radical (unpaired) electrons. The van der Waals surface area contributed by atoms with Gasteiger partial charge in [0.25, 0.3) is 5.69 Å². The molecule has 2 heterocycles. The van der Waals surface area contributed by atoms with Crippen molar-refractivity contribution in [1.82, 2.24) is 4.98 Å². The summed E-state index contributed by atoms with van der Waals surface area (Å²) < 4.78 is 23.0. The minimum absolute atomic E-state index is 0.0445. The lowest BCUT2D eigenvalue weighted by Crippen LogP contribution is -2.22. The smallest absolute Gasteiger partial charge is 0.291 e. The van der Waals surface area contributed by atoms with Gasteiger partial charge in [0, 0.05) is 11.0 Å². The van der Waals surface area contributed by atoms with Gasteiger partial charge in [-0.15, -0.1) is 0 Å². The summed E-state index contributed by atoms with van der Waals surface area (Å²) in [5, 5.41) is 14.8. The number of nitrogens with zero attached hydrogens (tertiary/aromatic N) is 2. The number of sulfone groups is 1.